The third-order valence-corrected chi connectivity index (χ3v) is 4.07. The van der Waals surface area contributed by atoms with E-state index in [0.717, 1.165) is 5.56 Å². The SMILES string of the molecule is CN(Cc1ccc2c(c1)OCCO2)C(=O)COC(=O)/C=C/c1ccc(F)cc1. The number of hydrogen-bond donors (Lipinski definition) is 0. The van der Waals surface area contributed by atoms with E-state index in [0.29, 0.717) is 36.8 Å². The molecule has 28 heavy (non-hydrogen) atoms. The minimum atomic E-state index is -0.648. The summed E-state index contributed by atoms with van der Waals surface area (Å²) in [6.07, 6.45) is 2.69. The number of ether oxygens (including phenoxy) is 3. The molecule has 6 nitrogen and oxygen atoms in total. The monoisotopic (exact) mass is 385 g/mol. The first-order valence-electron chi connectivity index (χ1n) is 8.74. The fourth-order valence-corrected chi connectivity index (χ4v) is 2.58. The predicted octanol–water partition coefficient (Wildman–Crippen LogP) is 2.81. The summed E-state index contributed by atoms with van der Waals surface area (Å²) >= 11 is 0. The van der Waals surface area contributed by atoms with Crippen molar-refractivity contribution in [1.82, 2.24) is 4.90 Å². The summed E-state index contributed by atoms with van der Waals surface area (Å²) in [7, 11) is 1.63. The van der Waals surface area contributed by atoms with Gasteiger partial charge in [-0.25, -0.2) is 9.18 Å². The molecular weight excluding hydrogens is 365 g/mol. The molecule has 0 N–H and O–H groups in total. The van der Waals surface area contributed by atoms with Gasteiger partial charge in [0.05, 0.1) is 0 Å². The molecule has 0 atom stereocenters. The maximum Gasteiger partial charge on any atom is 0.331 e. The van der Waals surface area contributed by atoms with Gasteiger partial charge in [0.2, 0.25) is 0 Å². The van der Waals surface area contributed by atoms with Crippen LogP contribution < -0.4 is 9.47 Å². The van der Waals surface area contributed by atoms with Crippen molar-refractivity contribution in [2.24, 2.45) is 0 Å². The molecule has 1 aliphatic heterocycles. The zero-order chi connectivity index (χ0) is 19.9. The standard InChI is InChI=1S/C21H20FNO5/c1-23(13-16-4-8-18-19(12-16)27-11-10-26-18)20(24)14-28-21(25)9-5-15-2-6-17(22)7-3-15/h2-9,12H,10-11,13-14H2,1H3/b9-5+. The summed E-state index contributed by atoms with van der Waals surface area (Å²) in [5.41, 5.74) is 1.53. The Hall–Kier alpha value is -3.35. The third-order valence-electron chi connectivity index (χ3n) is 4.07. The Morgan fingerprint density at radius 3 is 2.57 bits per heavy atom. The minimum Gasteiger partial charge on any atom is -0.486 e. The van der Waals surface area contributed by atoms with E-state index in [1.807, 2.05) is 18.2 Å². The van der Waals surface area contributed by atoms with Gasteiger partial charge in [-0.1, -0.05) is 18.2 Å². The number of benzene rings is 2. The van der Waals surface area contributed by atoms with Crippen molar-refractivity contribution < 1.29 is 28.2 Å². The van der Waals surface area contributed by atoms with Gasteiger partial charge >= 0.3 is 5.97 Å². The fourth-order valence-electron chi connectivity index (χ4n) is 2.58. The molecular formula is C21H20FNO5. The summed E-state index contributed by atoms with van der Waals surface area (Å²) in [4.78, 5) is 25.4. The summed E-state index contributed by atoms with van der Waals surface area (Å²) in [6, 6.07) is 11.1. The van der Waals surface area contributed by atoms with Crippen LogP contribution in [0.3, 0.4) is 0 Å². The molecule has 0 radical (unpaired) electrons. The Kier molecular flexibility index (Phi) is 6.26. The number of esters is 1. The second-order valence-corrected chi connectivity index (χ2v) is 6.22. The highest BCUT2D eigenvalue weighted by molar-refractivity contribution is 5.89. The maximum absolute atomic E-state index is 12.8. The van der Waals surface area contributed by atoms with Crippen LogP contribution in [0.15, 0.2) is 48.5 Å². The lowest BCUT2D eigenvalue weighted by Gasteiger charge is -2.21. The van der Waals surface area contributed by atoms with Crippen molar-refractivity contribution in [3.63, 3.8) is 0 Å². The second-order valence-electron chi connectivity index (χ2n) is 6.22. The first-order chi connectivity index (χ1) is 13.5. The molecule has 0 aromatic heterocycles. The second kappa shape index (κ2) is 9.03. The van der Waals surface area contributed by atoms with Crippen molar-refractivity contribution in [2.75, 3.05) is 26.9 Å². The van der Waals surface area contributed by atoms with Crippen LogP contribution in [0, 0.1) is 5.82 Å². The minimum absolute atomic E-state index is 0.335. The first kappa shape index (κ1) is 19.4. The molecule has 1 amide bonds. The van der Waals surface area contributed by atoms with Crippen LogP contribution in [0.4, 0.5) is 4.39 Å². The first-order valence-corrected chi connectivity index (χ1v) is 8.74. The lowest BCUT2D eigenvalue weighted by atomic mass is 10.2. The lowest BCUT2D eigenvalue weighted by Crippen LogP contribution is -2.30. The van der Waals surface area contributed by atoms with E-state index in [4.69, 9.17) is 14.2 Å². The average molecular weight is 385 g/mol. The molecule has 1 aliphatic rings. The van der Waals surface area contributed by atoms with Crippen LogP contribution >= 0.6 is 0 Å². The molecule has 0 saturated heterocycles. The Bertz CT molecular complexity index is 879. The molecule has 2 aromatic rings. The van der Waals surface area contributed by atoms with Crippen LogP contribution in [-0.2, 0) is 20.9 Å². The smallest absolute Gasteiger partial charge is 0.331 e. The molecule has 7 heteroatoms. The predicted molar refractivity (Wildman–Crippen MR) is 100 cm³/mol. The number of carbonyl (C=O) groups is 2. The zero-order valence-electron chi connectivity index (χ0n) is 15.4. The van der Waals surface area contributed by atoms with Crippen molar-refractivity contribution in [2.45, 2.75) is 6.54 Å². The van der Waals surface area contributed by atoms with Crippen LogP contribution in [0.5, 0.6) is 11.5 Å². The van der Waals surface area contributed by atoms with Gasteiger partial charge in [0.1, 0.15) is 19.0 Å². The quantitative estimate of drug-likeness (QED) is 0.565. The Labute approximate surface area is 162 Å². The van der Waals surface area contributed by atoms with Crippen LogP contribution in [0.2, 0.25) is 0 Å². The Morgan fingerprint density at radius 1 is 1.11 bits per heavy atom. The van der Waals surface area contributed by atoms with Gasteiger partial charge in [-0.3, -0.25) is 4.79 Å². The van der Waals surface area contributed by atoms with E-state index in [-0.39, 0.29) is 18.3 Å². The normalized spacial score (nSPS) is 12.6. The lowest BCUT2D eigenvalue weighted by molar-refractivity contribution is -0.147. The highest BCUT2D eigenvalue weighted by Crippen LogP contribution is 2.31. The molecule has 0 unspecified atom stereocenters. The van der Waals surface area contributed by atoms with E-state index in [9.17, 15) is 14.0 Å². The van der Waals surface area contributed by atoms with Crippen molar-refractivity contribution in [3.05, 3.63) is 65.5 Å². The Morgan fingerprint density at radius 2 is 1.82 bits per heavy atom. The largest absolute Gasteiger partial charge is 0.486 e. The molecule has 0 saturated carbocycles. The molecule has 0 spiro atoms. The summed E-state index contributed by atoms with van der Waals surface area (Å²) in [5.74, 6) is 0.00279. The van der Waals surface area contributed by atoms with Gasteiger partial charge in [0, 0.05) is 19.7 Å². The molecule has 1 heterocycles. The number of likely N-dealkylation sites (N-methyl/N-ethyl adjacent to an activating group) is 1. The van der Waals surface area contributed by atoms with Gasteiger partial charge in [-0.05, 0) is 41.5 Å². The molecule has 3 rings (SSSR count). The number of rotatable bonds is 6. The number of nitrogens with zero attached hydrogens (tertiary/aromatic N) is 1. The van der Waals surface area contributed by atoms with Crippen molar-refractivity contribution in [1.29, 1.82) is 0 Å². The van der Waals surface area contributed by atoms with Crippen molar-refractivity contribution >= 4 is 18.0 Å². The highest BCUT2D eigenvalue weighted by atomic mass is 19.1. The molecule has 0 bridgehead atoms. The average Bonchev–Trinajstić information content (AvgIpc) is 2.71. The third kappa shape index (κ3) is 5.33. The van der Waals surface area contributed by atoms with E-state index in [1.54, 1.807) is 7.05 Å². The van der Waals surface area contributed by atoms with Crippen LogP contribution in [0.25, 0.3) is 6.08 Å². The van der Waals surface area contributed by atoms with Gasteiger partial charge in [0.15, 0.2) is 18.1 Å². The summed E-state index contributed by atoms with van der Waals surface area (Å²) < 4.78 is 28.8. The van der Waals surface area contributed by atoms with E-state index in [2.05, 4.69) is 0 Å². The topological polar surface area (TPSA) is 65.1 Å². The highest BCUT2D eigenvalue weighted by Gasteiger charge is 2.15. The fraction of sp³-hybridized carbons (Fsp3) is 0.238. The van der Waals surface area contributed by atoms with E-state index >= 15 is 0 Å². The van der Waals surface area contributed by atoms with E-state index in [1.165, 1.54) is 41.3 Å². The van der Waals surface area contributed by atoms with Gasteiger partial charge in [0.25, 0.3) is 5.91 Å². The number of carbonyl (C=O) groups excluding carboxylic acids is 2. The molecule has 0 aliphatic carbocycles. The summed E-state index contributed by atoms with van der Waals surface area (Å²) in [5, 5.41) is 0. The van der Waals surface area contributed by atoms with Crippen LogP contribution in [-0.4, -0.2) is 43.6 Å². The number of hydrogen-bond acceptors (Lipinski definition) is 5. The van der Waals surface area contributed by atoms with E-state index < -0.39 is 5.97 Å². The molecule has 2 aromatic carbocycles. The molecule has 146 valence electrons. The van der Waals surface area contributed by atoms with Gasteiger partial charge in [-0.15, -0.1) is 0 Å². The number of amides is 1. The van der Waals surface area contributed by atoms with Crippen LogP contribution in [0.1, 0.15) is 11.1 Å². The Balaban J connectivity index is 1.47. The number of fused-ring (bicyclic) bond motifs is 1. The van der Waals surface area contributed by atoms with Crippen molar-refractivity contribution in [3.8, 4) is 11.5 Å². The van der Waals surface area contributed by atoms with Gasteiger partial charge < -0.3 is 19.1 Å². The maximum atomic E-state index is 12.8. The number of halogens is 1. The summed E-state index contributed by atoms with van der Waals surface area (Å²) in [6.45, 7) is 0.990. The molecule has 0 fully saturated rings. The zero-order valence-corrected chi connectivity index (χ0v) is 15.4. The van der Waals surface area contributed by atoms with Gasteiger partial charge in [-0.2, -0.15) is 0 Å².